The number of fused-ring (bicyclic) bond motifs is 1. The largest absolute Gasteiger partial charge is 0.485 e. The van der Waals surface area contributed by atoms with Crippen LogP contribution in [0.2, 0.25) is 0 Å². The molecule has 3 rings (SSSR count). The molecule has 1 aromatic heterocycles. The minimum Gasteiger partial charge on any atom is -0.485 e. The van der Waals surface area contributed by atoms with Crippen molar-refractivity contribution in [3.8, 4) is 5.75 Å². The molecule has 20 heavy (non-hydrogen) atoms. The van der Waals surface area contributed by atoms with E-state index in [1.807, 2.05) is 0 Å². The first kappa shape index (κ1) is 13.8. The molecule has 1 aliphatic carbocycles. The standard InChI is InChI=1S/C16H23FN2O/c1-15(2,3)7-11-4-12-13(18)8-16(5-10(17)6-16)20-14(12)9-19-11/h4,9-10,13H,5-8,18H2,1-3H3/t10-,13-,16+/m0/s1. The van der Waals surface area contributed by atoms with Crippen LogP contribution in [0.1, 0.15) is 57.3 Å². The van der Waals surface area contributed by atoms with E-state index in [1.54, 1.807) is 6.20 Å². The quantitative estimate of drug-likeness (QED) is 0.857. The second-order valence-electron chi connectivity index (χ2n) is 7.55. The zero-order valence-electron chi connectivity index (χ0n) is 12.4. The molecular weight excluding hydrogens is 255 g/mol. The van der Waals surface area contributed by atoms with Gasteiger partial charge in [0, 0.05) is 36.6 Å². The fourth-order valence-corrected chi connectivity index (χ4v) is 3.30. The topological polar surface area (TPSA) is 48.1 Å². The third-order valence-electron chi connectivity index (χ3n) is 4.17. The van der Waals surface area contributed by atoms with E-state index in [2.05, 4.69) is 31.8 Å². The van der Waals surface area contributed by atoms with Gasteiger partial charge in [0.05, 0.1) is 6.20 Å². The fourth-order valence-electron chi connectivity index (χ4n) is 3.30. The van der Waals surface area contributed by atoms with Gasteiger partial charge in [-0.2, -0.15) is 0 Å². The summed E-state index contributed by atoms with van der Waals surface area (Å²) in [5.41, 5.74) is 8.16. The molecule has 4 heteroatoms. The SMILES string of the molecule is CC(C)(C)Cc1cc2c(cn1)O[C@]1(C[C@@H]2N)C[C@H](F)C1. The van der Waals surface area contributed by atoms with E-state index in [-0.39, 0.29) is 17.1 Å². The van der Waals surface area contributed by atoms with Crippen LogP contribution < -0.4 is 10.5 Å². The van der Waals surface area contributed by atoms with Crippen molar-refractivity contribution in [2.75, 3.05) is 0 Å². The van der Waals surface area contributed by atoms with E-state index >= 15 is 0 Å². The van der Waals surface area contributed by atoms with Crippen LogP contribution in [-0.2, 0) is 6.42 Å². The van der Waals surface area contributed by atoms with Gasteiger partial charge in [-0.15, -0.1) is 0 Å². The van der Waals surface area contributed by atoms with Gasteiger partial charge in [-0.05, 0) is 17.9 Å². The number of alkyl halides is 1. The summed E-state index contributed by atoms with van der Waals surface area (Å²) >= 11 is 0. The number of hydrogen-bond acceptors (Lipinski definition) is 3. The number of ether oxygens (including phenoxy) is 1. The lowest BCUT2D eigenvalue weighted by Crippen LogP contribution is -2.53. The molecule has 1 spiro atoms. The number of rotatable bonds is 1. The van der Waals surface area contributed by atoms with Crippen LogP contribution in [0.5, 0.6) is 5.75 Å². The summed E-state index contributed by atoms with van der Waals surface area (Å²) in [4.78, 5) is 4.48. The molecule has 1 atom stereocenters. The average molecular weight is 278 g/mol. The molecule has 1 aliphatic heterocycles. The van der Waals surface area contributed by atoms with Crippen molar-refractivity contribution in [2.45, 2.75) is 64.3 Å². The first-order valence-corrected chi connectivity index (χ1v) is 7.34. The molecule has 1 saturated carbocycles. The summed E-state index contributed by atoms with van der Waals surface area (Å²) in [6.07, 6.45) is 3.57. The summed E-state index contributed by atoms with van der Waals surface area (Å²) < 4.78 is 19.2. The molecule has 1 aromatic rings. The molecule has 3 nitrogen and oxygen atoms in total. The molecule has 110 valence electrons. The number of nitrogens with two attached hydrogens (primary N) is 1. The molecule has 0 radical (unpaired) electrons. The highest BCUT2D eigenvalue weighted by Crippen LogP contribution is 2.49. The van der Waals surface area contributed by atoms with Crippen molar-refractivity contribution in [1.29, 1.82) is 0 Å². The van der Waals surface area contributed by atoms with E-state index in [1.165, 1.54) is 0 Å². The van der Waals surface area contributed by atoms with Gasteiger partial charge in [-0.3, -0.25) is 4.98 Å². The number of nitrogens with zero attached hydrogens (tertiary/aromatic N) is 1. The van der Waals surface area contributed by atoms with Crippen LogP contribution in [0.3, 0.4) is 0 Å². The predicted octanol–water partition coefficient (Wildman–Crippen LogP) is 3.32. The zero-order chi connectivity index (χ0) is 14.5. The molecule has 1 fully saturated rings. The number of halogens is 1. The van der Waals surface area contributed by atoms with Crippen molar-refractivity contribution in [3.05, 3.63) is 23.5 Å². The molecule has 0 unspecified atom stereocenters. The Hall–Kier alpha value is -1.16. The van der Waals surface area contributed by atoms with Gasteiger partial charge in [0.15, 0.2) is 0 Å². The van der Waals surface area contributed by atoms with Crippen molar-refractivity contribution >= 4 is 0 Å². The molecule has 0 amide bonds. The number of hydrogen-bond donors (Lipinski definition) is 1. The maximum atomic E-state index is 13.2. The van der Waals surface area contributed by atoms with Crippen molar-refractivity contribution in [2.24, 2.45) is 11.1 Å². The molecule has 0 bridgehead atoms. The lowest BCUT2D eigenvalue weighted by Gasteiger charge is -2.48. The minimum absolute atomic E-state index is 0.0760. The summed E-state index contributed by atoms with van der Waals surface area (Å²) in [5, 5.41) is 0. The highest BCUT2D eigenvalue weighted by atomic mass is 19.1. The third-order valence-corrected chi connectivity index (χ3v) is 4.17. The van der Waals surface area contributed by atoms with Gasteiger partial charge in [0.25, 0.3) is 0 Å². The lowest BCUT2D eigenvalue weighted by molar-refractivity contribution is -0.0812. The smallest absolute Gasteiger partial charge is 0.143 e. The van der Waals surface area contributed by atoms with Crippen molar-refractivity contribution in [1.82, 2.24) is 4.98 Å². The Morgan fingerprint density at radius 3 is 2.70 bits per heavy atom. The summed E-state index contributed by atoms with van der Waals surface area (Å²) in [6.45, 7) is 6.57. The van der Waals surface area contributed by atoms with Crippen LogP contribution in [-0.4, -0.2) is 16.8 Å². The van der Waals surface area contributed by atoms with Crippen LogP contribution in [0, 0.1) is 5.41 Å². The van der Waals surface area contributed by atoms with E-state index in [0.717, 1.165) is 23.4 Å². The predicted molar refractivity (Wildman–Crippen MR) is 76.4 cm³/mol. The normalized spacial score (nSPS) is 32.5. The van der Waals surface area contributed by atoms with Crippen LogP contribution in [0.4, 0.5) is 4.39 Å². The first-order valence-electron chi connectivity index (χ1n) is 7.34. The van der Waals surface area contributed by atoms with Gasteiger partial charge < -0.3 is 10.5 Å². The maximum Gasteiger partial charge on any atom is 0.143 e. The van der Waals surface area contributed by atoms with Gasteiger partial charge in [-0.1, -0.05) is 20.8 Å². The average Bonchev–Trinajstić information content (AvgIpc) is 2.26. The Bertz CT molecular complexity index is 518. The summed E-state index contributed by atoms with van der Waals surface area (Å²) in [5.74, 6) is 0.744. The number of pyridine rings is 1. The Morgan fingerprint density at radius 2 is 2.10 bits per heavy atom. The van der Waals surface area contributed by atoms with Crippen LogP contribution in [0.25, 0.3) is 0 Å². The molecule has 2 N–H and O–H groups in total. The number of aromatic nitrogens is 1. The minimum atomic E-state index is -0.739. The third kappa shape index (κ3) is 2.53. The van der Waals surface area contributed by atoms with Gasteiger partial charge in [0.1, 0.15) is 17.5 Å². The van der Waals surface area contributed by atoms with Crippen LogP contribution >= 0.6 is 0 Å². The molecule has 0 aromatic carbocycles. The maximum absolute atomic E-state index is 13.2. The van der Waals surface area contributed by atoms with Gasteiger partial charge >= 0.3 is 0 Å². The Labute approximate surface area is 119 Å². The van der Waals surface area contributed by atoms with E-state index in [0.29, 0.717) is 19.3 Å². The highest BCUT2D eigenvalue weighted by Gasteiger charge is 2.50. The highest BCUT2D eigenvalue weighted by molar-refractivity contribution is 5.39. The lowest BCUT2D eigenvalue weighted by atomic mass is 9.72. The van der Waals surface area contributed by atoms with E-state index in [4.69, 9.17) is 10.5 Å². The van der Waals surface area contributed by atoms with Crippen molar-refractivity contribution in [3.63, 3.8) is 0 Å². The summed E-state index contributed by atoms with van der Waals surface area (Å²) in [7, 11) is 0. The summed E-state index contributed by atoms with van der Waals surface area (Å²) in [6, 6.07) is 1.98. The zero-order valence-corrected chi connectivity index (χ0v) is 12.4. The van der Waals surface area contributed by atoms with Crippen LogP contribution in [0.15, 0.2) is 12.3 Å². The van der Waals surface area contributed by atoms with Gasteiger partial charge in [-0.25, -0.2) is 4.39 Å². The Kier molecular flexibility index (Phi) is 3.05. The van der Waals surface area contributed by atoms with E-state index < -0.39 is 6.17 Å². The van der Waals surface area contributed by atoms with E-state index in [9.17, 15) is 4.39 Å². The molecular formula is C16H23FN2O. The second-order valence-corrected chi connectivity index (χ2v) is 7.55. The van der Waals surface area contributed by atoms with Gasteiger partial charge in [0.2, 0.25) is 0 Å². The molecule has 2 heterocycles. The molecule has 0 saturated heterocycles. The Morgan fingerprint density at radius 1 is 1.40 bits per heavy atom. The monoisotopic (exact) mass is 278 g/mol. The molecule has 2 aliphatic rings. The fraction of sp³-hybridized carbons (Fsp3) is 0.688. The first-order chi connectivity index (χ1) is 9.26. The second kappa shape index (κ2) is 4.42. The Balaban J connectivity index is 1.84. The van der Waals surface area contributed by atoms with Crippen molar-refractivity contribution < 1.29 is 9.13 Å².